The van der Waals surface area contributed by atoms with Crippen LogP contribution in [-0.2, 0) is 17.8 Å². The molecular weight excluding hydrogens is 342 g/mol. The normalized spacial score (nSPS) is 17.0. The van der Waals surface area contributed by atoms with E-state index < -0.39 is 6.04 Å². The maximum Gasteiger partial charge on any atom is 0.274 e. The molecule has 2 aromatic rings. The molecule has 2 heterocycles. The number of carbonyl (C=O) groups excluding carboxylic acids is 2. The molecule has 0 saturated carbocycles. The molecule has 1 fully saturated rings. The van der Waals surface area contributed by atoms with Crippen LogP contribution in [0, 0.1) is 6.92 Å². The van der Waals surface area contributed by atoms with Crippen molar-refractivity contribution in [2.45, 2.75) is 59.2 Å². The lowest BCUT2D eigenvalue weighted by atomic mass is 10.1. The predicted octanol–water partition coefficient (Wildman–Crippen LogP) is 1.94. The van der Waals surface area contributed by atoms with Crippen molar-refractivity contribution in [1.82, 2.24) is 25.2 Å². The average molecular weight is 369 g/mol. The van der Waals surface area contributed by atoms with Crippen molar-refractivity contribution in [3.05, 3.63) is 46.8 Å². The van der Waals surface area contributed by atoms with E-state index in [1.807, 2.05) is 20.8 Å². The zero-order valence-corrected chi connectivity index (χ0v) is 16.4. The molecule has 1 aliphatic heterocycles. The molecule has 0 aliphatic carbocycles. The summed E-state index contributed by atoms with van der Waals surface area (Å²) in [5.41, 5.74) is 3.35. The Labute approximate surface area is 159 Å². The summed E-state index contributed by atoms with van der Waals surface area (Å²) in [4.78, 5) is 26.7. The molecule has 1 aromatic carbocycles. The lowest BCUT2D eigenvalue weighted by Gasteiger charge is -2.21. The minimum absolute atomic E-state index is 0.0283. The maximum atomic E-state index is 12.6. The van der Waals surface area contributed by atoms with Crippen molar-refractivity contribution in [3.8, 4) is 0 Å². The number of amides is 2. The van der Waals surface area contributed by atoms with E-state index in [4.69, 9.17) is 0 Å². The van der Waals surface area contributed by atoms with Gasteiger partial charge < -0.3 is 10.2 Å². The quantitative estimate of drug-likeness (QED) is 0.844. The summed E-state index contributed by atoms with van der Waals surface area (Å²) in [7, 11) is 0. The molecule has 1 saturated heterocycles. The van der Waals surface area contributed by atoms with E-state index in [9.17, 15) is 9.59 Å². The van der Waals surface area contributed by atoms with Crippen LogP contribution in [0.2, 0.25) is 0 Å². The van der Waals surface area contributed by atoms with Crippen LogP contribution in [0.4, 0.5) is 0 Å². The Bertz CT molecular complexity index is 825. The number of benzene rings is 1. The third-order valence-electron chi connectivity index (χ3n) is 5.13. The third-order valence-corrected chi connectivity index (χ3v) is 5.13. The molecule has 0 radical (unpaired) electrons. The summed E-state index contributed by atoms with van der Waals surface area (Å²) in [6.07, 6.45) is 1.63. The summed E-state index contributed by atoms with van der Waals surface area (Å²) >= 11 is 0. The van der Waals surface area contributed by atoms with Gasteiger partial charge in [-0.1, -0.05) is 36.4 Å². The molecule has 7 nitrogen and oxygen atoms in total. The summed E-state index contributed by atoms with van der Waals surface area (Å²) < 4.78 is 1.72. The van der Waals surface area contributed by atoms with Gasteiger partial charge in [0.25, 0.3) is 5.91 Å². The van der Waals surface area contributed by atoms with E-state index in [-0.39, 0.29) is 23.6 Å². The van der Waals surface area contributed by atoms with Gasteiger partial charge in [-0.05, 0) is 44.7 Å². The van der Waals surface area contributed by atoms with Gasteiger partial charge in [0.1, 0.15) is 6.04 Å². The van der Waals surface area contributed by atoms with Gasteiger partial charge in [0.05, 0.1) is 12.2 Å². The first-order chi connectivity index (χ1) is 12.9. The van der Waals surface area contributed by atoms with Crippen LogP contribution in [-0.4, -0.2) is 50.3 Å². The first-order valence-corrected chi connectivity index (χ1v) is 9.50. The molecule has 1 aliphatic rings. The Balaban J connectivity index is 1.67. The molecule has 2 amide bonds. The average Bonchev–Trinajstić information content (AvgIpc) is 3.19. The molecule has 1 N–H and O–H groups in total. The van der Waals surface area contributed by atoms with Crippen LogP contribution in [0.5, 0.6) is 0 Å². The van der Waals surface area contributed by atoms with Gasteiger partial charge in [-0.15, -0.1) is 5.10 Å². The fraction of sp³-hybridized carbons (Fsp3) is 0.500. The molecule has 1 aromatic heterocycles. The van der Waals surface area contributed by atoms with E-state index in [0.29, 0.717) is 25.2 Å². The fourth-order valence-corrected chi connectivity index (χ4v) is 3.35. The topological polar surface area (TPSA) is 80.1 Å². The first kappa shape index (κ1) is 19.1. The SMILES string of the molecule is CCc1ccc(Cn2nnc(C(=O)N[C@@H]3CCN(C(C)C)C3=O)c2C)cc1. The van der Waals surface area contributed by atoms with Crippen LogP contribution < -0.4 is 5.32 Å². The second kappa shape index (κ2) is 7.90. The first-order valence-electron chi connectivity index (χ1n) is 9.50. The molecular formula is C20H27N5O2. The van der Waals surface area contributed by atoms with Crippen molar-refractivity contribution in [2.24, 2.45) is 0 Å². The number of hydrogen-bond donors (Lipinski definition) is 1. The summed E-state index contributed by atoms with van der Waals surface area (Å²) in [5.74, 6) is -0.372. The van der Waals surface area contributed by atoms with Gasteiger partial charge in [-0.25, -0.2) is 4.68 Å². The van der Waals surface area contributed by atoms with Crippen molar-refractivity contribution in [2.75, 3.05) is 6.54 Å². The zero-order chi connectivity index (χ0) is 19.6. The lowest BCUT2D eigenvalue weighted by Crippen LogP contribution is -2.43. The Morgan fingerprint density at radius 2 is 1.93 bits per heavy atom. The molecule has 144 valence electrons. The molecule has 1 atom stereocenters. The molecule has 3 rings (SSSR count). The number of nitrogens with one attached hydrogen (secondary N) is 1. The van der Waals surface area contributed by atoms with Crippen molar-refractivity contribution in [1.29, 1.82) is 0 Å². The van der Waals surface area contributed by atoms with E-state index in [1.54, 1.807) is 9.58 Å². The summed E-state index contributed by atoms with van der Waals surface area (Å²) in [6.45, 7) is 9.12. The predicted molar refractivity (Wildman–Crippen MR) is 102 cm³/mol. The highest BCUT2D eigenvalue weighted by molar-refractivity contribution is 5.97. The van der Waals surface area contributed by atoms with Gasteiger partial charge in [0.2, 0.25) is 5.91 Å². The van der Waals surface area contributed by atoms with Crippen LogP contribution >= 0.6 is 0 Å². The molecule has 7 heteroatoms. The summed E-state index contributed by atoms with van der Waals surface area (Å²) in [5, 5.41) is 11.0. The Kier molecular flexibility index (Phi) is 5.58. The molecule has 0 spiro atoms. The van der Waals surface area contributed by atoms with E-state index in [1.165, 1.54) is 5.56 Å². The van der Waals surface area contributed by atoms with Crippen molar-refractivity contribution < 1.29 is 9.59 Å². The van der Waals surface area contributed by atoms with Gasteiger partial charge in [0.15, 0.2) is 5.69 Å². The third kappa shape index (κ3) is 4.02. The smallest absolute Gasteiger partial charge is 0.274 e. The number of rotatable bonds is 6. The number of carbonyl (C=O) groups is 2. The number of hydrogen-bond acceptors (Lipinski definition) is 4. The molecule has 27 heavy (non-hydrogen) atoms. The van der Waals surface area contributed by atoms with E-state index in [2.05, 4.69) is 46.8 Å². The minimum Gasteiger partial charge on any atom is -0.339 e. The van der Waals surface area contributed by atoms with Gasteiger partial charge in [0, 0.05) is 12.6 Å². The van der Waals surface area contributed by atoms with Gasteiger partial charge in [-0.2, -0.15) is 0 Å². The summed E-state index contributed by atoms with van der Waals surface area (Å²) in [6, 6.07) is 7.99. The highest BCUT2D eigenvalue weighted by atomic mass is 16.2. The number of likely N-dealkylation sites (tertiary alicyclic amines) is 1. The number of aryl methyl sites for hydroxylation is 1. The fourth-order valence-electron chi connectivity index (χ4n) is 3.35. The van der Waals surface area contributed by atoms with Crippen LogP contribution in [0.1, 0.15) is 54.5 Å². The van der Waals surface area contributed by atoms with Crippen LogP contribution in [0.3, 0.4) is 0 Å². The second-order valence-corrected chi connectivity index (χ2v) is 7.29. The van der Waals surface area contributed by atoms with Crippen LogP contribution in [0.15, 0.2) is 24.3 Å². The molecule has 0 unspecified atom stereocenters. The van der Waals surface area contributed by atoms with Gasteiger partial charge in [-0.3, -0.25) is 9.59 Å². The van der Waals surface area contributed by atoms with Crippen molar-refractivity contribution in [3.63, 3.8) is 0 Å². The standard InChI is InChI=1S/C20H27N5O2/c1-5-15-6-8-16(9-7-15)12-25-14(4)18(22-23-25)19(26)21-17-10-11-24(13(2)3)20(17)27/h6-9,13,17H,5,10-12H2,1-4H3,(H,21,26)/t17-/m1/s1. The number of nitrogens with zero attached hydrogens (tertiary/aromatic N) is 4. The zero-order valence-electron chi connectivity index (χ0n) is 16.4. The lowest BCUT2D eigenvalue weighted by molar-refractivity contribution is -0.130. The van der Waals surface area contributed by atoms with Crippen LogP contribution in [0.25, 0.3) is 0 Å². The molecule has 0 bridgehead atoms. The number of aromatic nitrogens is 3. The monoisotopic (exact) mass is 369 g/mol. The second-order valence-electron chi connectivity index (χ2n) is 7.29. The van der Waals surface area contributed by atoms with Gasteiger partial charge >= 0.3 is 0 Å². The van der Waals surface area contributed by atoms with E-state index in [0.717, 1.165) is 12.0 Å². The van der Waals surface area contributed by atoms with Crippen molar-refractivity contribution >= 4 is 11.8 Å². The maximum absolute atomic E-state index is 12.6. The Morgan fingerprint density at radius 1 is 1.26 bits per heavy atom. The highest BCUT2D eigenvalue weighted by Crippen LogP contribution is 2.16. The highest BCUT2D eigenvalue weighted by Gasteiger charge is 2.34. The van der Waals surface area contributed by atoms with E-state index >= 15 is 0 Å². The Hall–Kier alpha value is -2.70. The largest absolute Gasteiger partial charge is 0.339 e. The minimum atomic E-state index is -0.481. The Morgan fingerprint density at radius 3 is 2.52 bits per heavy atom.